The van der Waals surface area contributed by atoms with Crippen LogP contribution in [-0.4, -0.2) is 106 Å². The molecule has 0 aliphatic rings. The molecule has 5 aromatic carbocycles. The summed E-state index contributed by atoms with van der Waals surface area (Å²) in [6, 6.07) is 27.7. The van der Waals surface area contributed by atoms with Crippen LogP contribution in [0.25, 0.3) is 33.5 Å². The van der Waals surface area contributed by atoms with Crippen LogP contribution in [0.5, 0.6) is 17.2 Å². The smallest absolute Gasteiger partial charge is 0.408 e. The van der Waals surface area contributed by atoms with Crippen molar-refractivity contribution in [1.82, 2.24) is 39.0 Å². The summed E-state index contributed by atoms with van der Waals surface area (Å²) >= 11 is 0. The number of rotatable bonds is 17. The highest BCUT2D eigenvalue weighted by molar-refractivity contribution is 7.93. The zero-order valence-electron chi connectivity index (χ0n) is 38.4. The van der Waals surface area contributed by atoms with Gasteiger partial charge in [-0.25, -0.2) is 26.6 Å². The molecule has 1 amide bonds. The van der Waals surface area contributed by atoms with E-state index in [2.05, 4.69) is 15.3 Å². The molecule has 1 atom stereocenters. The highest BCUT2D eigenvalue weighted by Crippen LogP contribution is 2.44. The molecule has 18 nitrogen and oxygen atoms in total. The second kappa shape index (κ2) is 19.1. The number of sulfonamides is 1. The summed E-state index contributed by atoms with van der Waals surface area (Å²) in [5, 5.41) is 23.8. The van der Waals surface area contributed by atoms with Gasteiger partial charge >= 0.3 is 6.09 Å². The molecule has 0 radical (unpaired) electrons. The van der Waals surface area contributed by atoms with E-state index in [1.54, 1.807) is 118 Å². The fourth-order valence-corrected chi connectivity index (χ4v) is 12.1. The van der Waals surface area contributed by atoms with Gasteiger partial charge in [0.2, 0.25) is 21.8 Å². The zero-order valence-corrected chi connectivity index (χ0v) is 40.0. The Morgan fingerprint density at radius 1 is 0.776 bits per heavy atom. The van der Waals surface area contributed by atoms with E-state index in [0.717, 1.165) is 10.5 Å². The Balaban J connectivity index is 1.54. The largest absolute Gasteiger partial charge is 0.497 e. The predicted molar refractivity (Wildman–Crippen MR) is 253 cm³/mol. The molecule has 352 valence electrons. The Hall–Kier alpha value is -7.03. The number of fused-ring (bicyclic) bond motifs is 1. The molecule has 2 heterocycles. The summed E-state index contributed by atoms with van der Waals surface area (Å²) in [5.74, 6) is 0.923. The second-order valence-corrected chi connectivity index (χ2v) is 20.8. The van der Waals surface area contributed by atoms with Crippen molar-refractivity contribution in [2.75, 3.05) is 32.8 Å². The van der Waals surface area contributed by atoms with Crippen LogP contribution in [0.3, 0.4) is 0 Å². The number of methoxy groups -OCH3 is 3. The lowest BCUT2D eigenvalue weighted by molar-refractivity contribution is 0.0815. The van der Waals surface area contributed by atoms with Crippen LogP contribution in [0.1, 0.15) is 44.4 Å². The maximum Gasteiger partial charge on any atom is 0.408 e. The number of hydrogen-bond donors (Lipinski definition) is 2. The Bertz CT molecular complexity index is 3080. The SMILES string of the molecule is COc1ccc(CN(Cc2ccc(OC)cc2)S(=O)(=O)c2c(S(=O)(=O)CC(C)N(C(=O)O)C(C)(C)C)ccc(-c3cccc4c3nc(N)n4C)c2-c2nnn(Cc3ccc(OC)cc3)n2)cc1. The first-order chi connectivity index (χ1) is 31.7. The van der Waals surface area contributed by atoms with Gasteiger partial charge < -0.3 is 29.6 Å². The maximum atomic E-state index is 16.2. The van der Waals surface area contributed by atoms with E-state index in [4.69, 9.17) is 25.0 Å². The molecule has 20 heteroatoms. The van der Waals surface area contributed by atoms with E-state index in [1.807, 2.05) is 12.1 Å². The summed E-state index contributed by atoms with van der Waals surface area (Å²) in [6.07, 6.45) is -1.34. The van der Waals surface area contributed by atoms with Gasteiger partial charge in [0.05, 0.1) is 55.1 Å². The van der Waals surface area contributed by atoms with E-state index in [1.165, 1.54) is 42.4 Å². The average Bonchev–Trinajstić information content (AvgIpc) is 3.87. The molecule has 0 fully saturated rings. The summed E-state index contributed by atoms with van der Waals surface area (Å²) in [6.45, 7) is 6.07. The minimum absolute atomic E-state index is 0.106. The van der Waals surface area contributed by atoms with E-state index in [9.17, 15) is 9.90 Å². The van der Waals surface area contributed by atoms with Crippen molar-refractivity contribution in [2.24, 2.45) is 7.05 Å². The van der Waals surface area contributed by atoms with Crippen LogP contribution >= 0.6 is 0 Å². The van der Waals surface area contributed by atoms with Crippen LogP contribution in [-0.2, 0) is 46.5 Å². The highest BCUT2D eigenvalue weighted by atomic mass is 32.2. The van der Waals surface area contributed by atoms with Crippen LogP contribution in [0.2, 0.25) is 0 Å². The molecule has 7 rings (SSSR count). The first-order valence-electron chi connectivity index (χ1n) is 21.1. The van der Waals surface area contributed by atoms with Gasteiger partial charge in [-0.3, -0.25) is 4.90 Å². The molecule has 0 bridgehead atoms. The summed E-state index contributed by atoms with van der Waals surface area (Å²) in [7, 11) is -3.36. The van der Waals surface area contributed by atoms with Crippen molar-refractivity contribution in [3.63, 3.8) is 0 Å². The third kappa shape index (κ3) is 10.1. The number of hydrogen-bond acceptors (Lipinski definition) is 13. The molecule has 1 unspecified atom stereocenters. The monoisotopic (exact) mass is 951 g/mol. The predicted octanol–water partition coefficient (Wildman–Crippen LogP) is 6.88. The van der Waals surface area contributed by atoms with Crippen LogP contribution < -0.4 is 19.9 Å². The van der Waals surface area contributed by atoms with Crippen molar-refractivity contribution in [2.45, 2.75) is 68.7 Å². The third-order valence-corrected chi connectivity index (χ3v) is 15.3. The van der Waals surface area contributed by atoms with Gasteiger partial charge in [0.15, 0.2) is 9.84 Å². The number of carbonyl (C=O) groups is 1. The van der Waals surface area contributed by atoms with Gasteiger partial charge in [-0.1, -0.05) is 54.6 Å². The number of carboxylic acid groups (broad SMARTS) is 1. The summed E-state index contributed by atoms with van der Waals surface area (Å²) in [5.41, 5.74) is 8.67. The minimum Gasteiger partial charge on any atom is -0.497 e. The number of amides is 1. The summed E-state index contributed by atoms with van der Waals surface area (Å²) in [4.78, 5) is 18.4. The molecule has 7 aromatic rings. The molecule has 0 aliphatic carbocycles. The number of benzene rings is 5. The van der Waals surface area contributed by atoms with E-state index < -0.39 is 53.1 Å². The quantitative estimate of drug-likeness (QED) is 0.0949. The van der Waals surface area contributed by atoms with Crippen molar-refractivity contribution < 1.29 is 40.9 Å². The molecule has 0 spiro atoms. The number of nitrogens with two attached hydrogens (primary N) is 1. The van der Waals surface area contributed by atoms with Gasteiger partial charge in [-0.05, 0) is 104 Å². The fraction of sp³-hybridized carbons (Fsp3) is 0.298. The van der Waals surface area contributed by atoms with Gasteiger partial charge in [0.1, 0.15) is 22.1 Å². The molecular formula is C47H53N9O9S2. The molecule has 3 N–H and O–H groups in total. The number of sulfone groups is 1. The molecule has 2 aromatic heterocycles. The number of tetrazole rings is 1. The Kier molecular flexibility index (Phi) is 13.6. The Morgan fingerprint density at radius 3 is 1.82 bits per heavy atom. The van der Waals surface area contributed by atoms with Crippen molar-refractivity contribution >= 4 is 42.9 Å². The van der Waals surface area contributed by atoms with E-state index in [0.29, 0.717) is 45.0 Å². The number of anilines is 1. The Labute approximate surface area is 389 Å². The topological polar surface area (TPSA) is 227 Å². The first kappa shape index (κ1) is 47.9. The lowest BCUT2D eigenvalue weighted by atomic mass is 9.98. The van der Waals surface area contributed by atoms with Crippen molar-refractivity contribution in [3.05, 3.63) is 120 Å². The van der Waals surface area contributed by atoms with Crippen molar-refractivity contribution in [1.29, 1.82) is 0 Å². The first-order valence-corrected chi connectivity index (χ1v) is 24.2. The Morgan fingerprint density at radius 2 is 1.31 bits per heavy atom. The molecular weight excluding hydrogens is 899 g/mol. The highest BCUT2D eigenvalue weighted by Gasteiger charge is 2.40. The number of aromatic nitrogens is 6. The van der Waals surface area contributed by atoms with Crippen LogP contribution in [0.4, 0.5) is 10.7 Å². The number of nitrogens with zero attached hydrogens (tertiary/aromatic N) is 8. The molecule has 0 aliphatic heterocycles. The van der Waals surface area contributed by atoms with Crippen LogP contribution in [0, 0.1) is 0 Å². The standard InChI is InChI=1S/C47H53N9O9S2/c1-30(56(46(57)58)47(2,3)4)29-66(59,60)40-25-24-37(38-10-9-11-39-42(38)49-45(48)53(39)5)41(44-50-52-55(51-44)28-33-16-22-36(65-8)23-17-33)43(40)67(61,62)54(26-31-12-18-34(63-6)19-13-31)27-32-14-20-35(64-7)21-15-32/h9-25,30H,26-29H2,1-8H3,(H2,48,49)(H,57,58). The average molecular weight is 952 g/mol. The fourth-order valence-electron chi connectivity index (χ4n) is 8.11. The van der Waals surface area contributed by atoms with E-state index in [-0.39, 0.29) is 42.5 Å². The van der Waals surface area contributed by atoms with Crippen molar-refractivity contribution in [3.8, 4) is 39.8 Å². The van der Waals surface area contributed by atoms with Crippen LogP contribution in [0.15, 0.2) is 113 Å². The number of imidazole rings is 1. The van der Waals surface area contributed by atoms with E-state index >= 15 is 16.8 Å². The van der Waals surface area contributed by atoms with Gasteiger partial charge in [-0.2, -0.15) is 9.10 Å². The second-order valence-electron chi connectivity index (χ2n) is 16.9. The molecule has 0 saturated heterocycles. The summed E-state index contributed by atoms with van der Waals surface area (Å²) < 4.78 is 81.7. The third-order valence-electron chi connectivity index (χ3n) is 11.3. The van der Waals surface area contributed by atoms with Gasteiger partial charge in [-0.15, -0.1) is 10.2 Å². The number of para-hydroxylation sites is 1. The molecule has 0 saturated carbocycles. The normalized spacial score (nSPS) is 12.6. The number of ether oxygens (including phenoxy) is 3. The number of nitrogen functional groups attached to an aromatic ring is 1. The van der Waals surface area contributed by atoms with Gasteiger partial charge in [0.25, 0.3) is 0 Å². The van der Waals surface area contributed by atoms with Gasteiger partial charge in [0, 0.05) is 37.3 Å². The molecule has 67 heavy (non-hydrogen) atoms. The lowest BCUT2D eigenvalue weighted by Crippen LogP contribution is -2.52. The number of aryl methyl sites for hydroxylation is 1. The maximum absolute atomic E-state index is 16.2. The minimum atomic E-state index is -4.99. The lowest BCUT2D eigenvalue weighted by Gasteiger charge is -2.38. The zero-order chi connectivity index (χ0) is 48.4.